The molecular formula is C18H28N4O2. The molecule has 1 amide bonds. The molecule has 0 aromatic carbocycles. The largest absolute Gasteiger partial charge is 0.474 e. The van der Waals surface area contributed by atoms with Crippen molar-refractivity contribution in [3.05, 3.63) is 23.9 Å². The van der Waals surface area contributed by atoms with Crippen LogP contribution in [0.2, 0.25) is 0 Å². The fourth-order valence-corrected chi connectivity index (χ4v) is 3.27. The molecule has 6 nitrogen and oxygen atoms in total. The Morgan fingerprint density at radius 3 is 2.75 bits per heavy atom. The third kappa shape index (κ3) is 4.45. The van der Waals surface area contributed by atoms with Crippen LogP contribution in [0.4, 0.5) is 0 Å². The number of nitrogens with one attached hydrogen (secondary N) is 3. The summed E-state index contributed by atoms with van der Waals surface area (Å²) in [5.41, 5.74) is 7.24. The zero-order valence-corrected chi connectivity index (χ0v) is 14.5. The van der Waals surface area contributed by atoms with Gasteiger partial charge in [0.1, 0.15) is 12.1 Å². The van der Waals surface area contributed by atoms with Crippen LogP contribution in [0, 0.1) is 5.92 Å². The van der Waals surface area contributed by atoms with Crippen molar-refractivity contribution in [3.63, 3.8) is 0 Å². The number of ether oxygens (including phenoxy) is 1. The van der Waals surface area contributed by atoms with Gasteiger partial charge in [-0.15, -0.1) is 0 Å². The zero-order valence-electron chi connectivity index (χ0n) is 14.5. The van der Waals surface area contributed by atoms with Gasteiger partial charge in [-0.05, 0) is 43.6 Å². The lowest BCUT2D eigenvalue weighted by molar-refractivity contribution is -0.123. The normalized spacial score (nSPS) is 24.5. The summed E-state index contributed by atoms with van der Waals surface area (Å²) in [5.74, 6) is 1.21. The molecule has 2 heterocycles. The highest BCUT2D eigenvalue weighted by Crippen LogP contribution is 2.22. The molecule has 1 aromatic rings. The van der Waals surface area contributed by atoms with Crippen molar-refractivity contribution < 1.29 is 9.53 Å². The number of amides is 1. The molecule has 2 unspecified atom stereocenters. The SMILES string of the molecule is CC(C)C1CC(C(=O)NCc2ccc(OC3CCCC3)nc2)NN1. The number of hydrazine groups is 1. The van der Waals surface area contributed by atoms with Gasteiger partial charge >= 0.3 is 0 Å². The van der Waals surface area contributed by atoms with Crippen LogP contribution in [-0.2, 0) is 11.3 Å². The fraction of sp³-hybridized carbons (Fsp3) is 0.667. The summed E-state index contributed by atoms with van der Waals surface area (Å²) in [5, 5.41) is 2.97. The minimum absolute atomic E-state index is 0.0249. The third-order valence-corrected chi connectivity index (χ3v) is 4.91. The van der Waals surface area contributed by atoms with E-state index < -0.39 is 0 Å². The molecule has 6 heteroatoms. The first-order valence-corrected chi connectivity index (χ1v) is 9.02. The van der Waals surface area contributed by atoms with E-state index in [1.165, 1.54) is 12.8 Å². The highest BCUT2D eigenvalue weighted by molar-refractivity contribution is 5.82. The molecule has 3 rings (SSSR count). The summed E-state index contributed by atoms with van der Waals surface area (Å²) in [6, 6.07) is 4.03. The summed E-state index contributed by atoms with van der Waals surface area (Å²) in [6.45, 7) is 4.79. The van der Waals surface area contributed by atoms with E-state index in [4.69, 9.17) is 4.74 Å². The van der Waals surface area contributed by atoms with Crippen molar-refractivity contribution in [2.24, 2.45) is 5.92 Å². The smallest absolute Gasteiger partial charge is 0.238 e. The van der Waals surface area contributed by atoms with Crippen LogP contribution in [0.25, 0.3) is 0 Å². The Bertz CT molecular complexity index is 540. The van der Waals surface area contributed by atoms with Crippen molar-refractivity contribution >= 4 is 5.91 Å². The highest BCUT2D eigenvalue weighted by atomic mass is 16.5. The first kappa shape index (κ1) is 17.2. The lowest BCUT2D eigenvalue weighted by atomic mass is 9.99. The first-order chi connectivity index (χ1) is 11.6. The van der Waals surface area contributed by atoms with Gasteiger partial charge in [0.15, 0.2) is 0 Å². The molecule has 0 bridgehead atoms. The summed E-state index contributed by atoms with van der Waals surface area (Å²) in [7, 11) is 0. The van der Waals surface area contributed by atoms with E-state index in [1.807, 2.05) is 12.1 Å². The van der Waals surface area contributed by atoms with E-state index in [0.717, 1.165) is 24.8 Å². The lowest BCUT2D eigenvalue weighted by Crippen LogP contribution is -2.43. The van der Waals surface area contributed by atoms with Gasteiger partial charge in [-0.2, -0.15) is 0 Å². The van der Waals surface area contributed by atoms with Crippen LogP contribution in [0.5, 0.6) is 5.88 Å². The summed E-state index contributed by atoms with van der Waals surface area (Å²) < 4.78 is 5.85. The van der Waals surface area contributed by atoms with Crippen LogP contribution in [0.15, 0.2) is 18.3 Å². The Labute approximate surface area is 143 Å². The van der Waals surface area contributed by atoms with Crippen molar-refractivity contribution in [2.45, 2.75) is 70.7 Å². The third-order valence-electron chi connectivity index (χ3n) is 4.91. The molecular weight excluding hydrogens is 304 g/mol. The molecule has 132 valence electrons. The van der Waals surface area contributed by atoms with Crippen LogP contribution in [-0.4, -0.2) is 29.1 Å². The second-order valence-electron chi connectivity index (χ2n) is 7.17. The predicted octanol–water partition coefficient (Wildman–Crippen LogP) is 1.91. The maximum absolute atomic E-state index is 12.2. The number of nitrogens with zero attached hydrogens (tertiary/aromatic N) is 1. The number of aromatic nitrogens is 1. The van der Waals surface area contributed by atoms with Crippen LogP contribution < -0.4 is 20.9 Å². The van der Waals surface area contributed by atoms with Gasteiger partial charge in [0.05, 0.1) is 0 Å². The van der Waals surface area contributed by atoms with E-state index >= 15 is 0 Å². The minimum atomic E-state index is -0.171. The number of hydrogen-bond donors (Lipinski definition) is 3. The number of rotatable bonds is 6. The number of carbonyl (C=O) groups excluding carboxylic acids is 1. The molecule has 3 N–H and O–H groups in total. The Kier molecular flexibility index (Phi) is 5.68. The quantitative estimate of drug-likeness (QED) is 0.742. The molecule has 1 saturated heterocycles. The molecule has 0 radical (unpaired) electrons. The Balaban J connectivity index is 1.43. The van der Waals surface area contributed by atoms with E-state index in [9.17, 15) is 4.79 Å². The number of carbonyl (C=O) groups is 1. The Morgan fingerprint density at radius 1 is 1.33 bits per heavy atom. The first-order valence-electron chi connectivity index (χ1n) is 9.02. The molecule has 24 heavy (non-hydrogen) atoms. The zero-order chi connectivity index (χ0) is 16.9. The molecule has 2 fully saturated rings. The topological polar surface area (TPSA) is 75.3 Å². The second-order valence-corrected chi connectivity index (χ2v) is 7.17. The van der Waals surface area contributed by atoms with Gasteiger partial charge in [-0.25, -0.2) is 10.4 Å². The molecule has 0 spiro atoms. The highest BCUT2D eigenvalue weighted by Gasteiger charge is 2.30. The van der Waals surface area contributed by atoms with Gasteiger partial charge in [-0.1, -0.05) is 19.9 Å². The second kappa shape index (κ2) is 7.94. The van der Waals surface area contributed by atoms with Crippen molar-refractivity contribution in [1.29, 1.82) is 0 Å². The Morgan fingerprint density at radius 2 is 2.12 bits per heavy atom. The van der Waals surface area contributed by atoms with Crippen molar-refractivity contribution in [3.8, 4) is 5.88 Å². The molecule has 1 aliphatic heterocycles. The summed E-state index contributed by atoms with van der Waals surface area (Å²) >= 11 is 0. The van der Waals surface area contributed by atoms with Crippen molar-refractivity contribution in [2.75, 3.05) is 0 Å². The number of hydrogen-bond acceptors (Lipinski definition) is 5. The molecule has 1 aromatic heterocycles. The van der Waals surface area contributed by atoms with Crippen LogP contribution >= 0.6 is 0 Å². The number of pyridine rings is 1. The predicted molar refractivity (Wildman–Crippen MR) is 92.3 cm³/mol. The van der Waals surface area contributed by atoms with E-state index in [2.05, 4.69) is 35.0 Å². The van der Waals surface area contributed by atoms with Crippen LogP contribution in [0.1, 0.15) is 51.5 Å². The van der Waals surface area contributed by atoms with Gasteiger partial charge in [0.2, 0.25) is 11.8 Å². The average molecular weight is 332 g/mol. The van der Waals surface area contributed by atoms with Gasteiger partial charge < -0.3 is 10.1 Å². The molecule has 1 saturated carbocycles. The molecule has 1 aliphatic carbocycles. The monoisotopic (exact) mass is 332 g/mol. The van der Waals surface area contributed by atoms with Crippen LogP contribution in [0.3, 0.4) is 0 Å². The Hall–Kier alpha value is -1.66. The molecule has 2 atom stereocenters. The average Bonchev–Trinajstić information content (AvgIpc) is 3.25. The van der Waals surface area contributed by atoms with Gasteiger partial charge in [0, 0.05) is 24.8 Å². The van der Waals surface area contributed by atoms with Gasteiger partial charge in [0.25, 0.3) is 0 Å². The van der Waals surface area contributed by atoms with E-state index in [-0.39, 0.29) is 11.9 Å². The van der Waals surface area contributed by atoms with E-state index in [0.29, 0.717) is 30.5 Å². The summed E-state index contributed by atoms with van der Waals surface area (Å²) in [6.07, 6.45) is 7.65. The van der Waals surface area contributed by atoms with Gasteiger partial charge in [-0.3, -0.25) is 10.2 Å². The lowest BCUT2D eigenvalue weighted by Gasteiger charge is -2.13. The van der Waals surface area contributed by atoms with Crippen molar-refractivity contribution in [1.82, 2.24) is 21.2 Å². The minimum Gasteiger partial charge on any atom is -0.474 e. The maximum Gasteiger partial charge on any atom is 0.238 e. The summed E-state index contributed by atoms with van der Waals surface area (Å²) in [4.78, 5) is 16.6. The fourth-order valence-electron chi connectivity index (χ4n) is 3.27. The maximum atomic E-state index is 12.2. The molecule has 2 aliphatic rings. The van der Waals surface area contributed by atoms with E-state index in [1.54, 1.807) is 6.20 Å². The standard InChI is InChI=1S/C18H28N4O2/c1-12(2)15-9-16(22-21-15)18(23)20-11-13-7-8-17(19-10-13)24-14-5-3-4-6-14/h7-8,10,12,14-16,21-22H,3-6,9,11H2,1-2H3,(H,20,23).